The van der Waals surface area contributed by atoms with E-state index in [-0.39, 0.29) is 28.5 Å². The molecule has 338 valence electrons. The number of aromatic nitrogens is 1. The second kappa shape index (κ2) is 14.5. The van der Waals surface area contributed by atoms with Gasteiger partial charge in [-0.05, 0) is 164 Å². The van der Waals surface area contributed by atoms with Crippen LogP contribution in [0.2, 0.25) is 0 Å². The van der Waals surface area contributed by atoms with Crippen LogP contribution < -0.4 is 20.6 Å². The van der Waals surface area contributed by atoms with E-state index in [0.29, 0.717) is 0 Å². The highest BCUT2D eigenvalue weighted by molar-refractivity contribution is 6.93. The minimum absolute atomic E-state index is 0.0449. The van der Waals surface area contributed by atoms with Gasteiger partial charge in [-0.1, -0.05) is 160 Å². The molecule has 0 bridgehead atoms. The molecule has 9 aromatic rings. The number of hydrogen-bond donors (Lipinski definition) is 0. The van der Waals surface area contributed by atoms with E-state index in [1.54, 1.807) is 0 Å². The Morgan fingerprint density at radius 2 is 1.13 bits per heavy atom. The monoisotopic (exact) mass is 886 g/mol. The van der Waals surface area contributed by atoms with Crippen LogP contribution in [0.5, 0.6) is 0 Å². The van der Waals surface area contributed by atoms with Crippen LogP contribution in [0.1, 0.15) is 115 Å². The van der Waals surface area contributed by atoms with Gasteiger partial charge in [-0.25, -0.2) is 0 Å². The Hall–Kier alpha value is -6.52. The van der Waals surface area contributed by atoms with Gasteiger partial charge in [-0.3, -0.25) is 0 Å². The topological polar surface area (TPSA) is 11.4 Å². The quantitative estimate of drug-likeness (QED) is 0.163. The van der Waals surface area contributed by atoms with Gasteiger partial charge in [0.05, 0.1) is 11.0 Å². The summed E-state index contributed by atoms with van der Waals surface area (Å²) >= 11 is 0. The number of fused-ring (bicyclic) bond motifs is 10. The maximum Gasteiger partial charge on any atom is 0.333 e. The minimum atomic E-state index is -0.0721. The fourth-order valence-electron chi connectivity index (χ4n) is 12.4. The second-order valence-corrected chi connectivity index (χ2v) is 23.9. The second-order valence-electron chi connectivity index (χ2n) is 23.9. The lowest BCUT2D eigenvalue weighted by Crippen LogP contribution is -2.60. The predicted molar refractivity (Wildman–Crippen MR) is 294 cm³/mol. The maximum absolute atomic E-state index is 2.77. The summed E-state index contributed by atoms with van der Waals surface area (Å²) in [6.07, 6.45) is 2.35. The van der Waals surface area contributed by atoms with Gasteiger partial charge >= 0.3 is 6.85 Å². The molecule has 0 atom stereocenters. The first kappa shape index (κ1) is 42.8. The lowest BCUT2D eigenvalue weighted by Gasteiger charge is -2.46. The predicted octanol–water partition coefficient (Wildman–Crippen LogP) is 16.2. The van der Waals surface area contributed by atoms with E-state index in [9.17, 15) is 0 Å². The maximum atomic E-state index is 2.77. The Labute approximate surface area is 404 Å². The molecule has 0 saturated heterocycles. The number of para-hydroxylation sites is 1. The van der Waals surface area contributed by atoms with Gasteiger partial charge in [0.2, 0.25) is 0 Å². The molecule has 3 nitrogen and oxygen atoms in total. The van der Waals surface area contributed by atoms with Crippen molar-refractivity contribution in [2.75, 3.05) is 9.71 Å². The van der Waals surface area contributed by atoms with Crippen LogP contribution in [0.25, 0.3) is 49.4 Å². The van der Waals surface area contributed by atoms with Gasteiger partial charge < -0.3 is 14.3 Å². The van der Waals surface area contributed by atoms with E-state index >= 15 is 0 Å². The van der Waals surface area contributed by atoms with Crippen LogP contribution in [0, 0.1) is 13.8 Å². The van der Waals surface area contributed by atoms with Crippen LogP contribution in [0.15, 0.2) is 146 Å². The Morgan fingerprint density at radius 1 is 0.529 bits per heavy atom. The van der Waals surface area contributed by atoms with Crippen molar-refractivity contribution in [3.05, 3.63) is 179 Å². The first-order valence-corrected chi connectivity index (χ1v) is 25.0. The summed E-state index contributed by atoms with van der Waals surface area (Å²) in [6, 6.07) is 56.7. The highest BCUT2D eigenvalue weighted by Gasteiger charge is 2.46. The van der Waals surface area contributed by atoms with Crippen molar-refractivity contribution in [3.8, 4) is 16.8 Å². The van der Waals surface area contributed by atoms with Crippen LogP contribution in [-0.4, -0.2) is 11.4 Å². The number of benzene rings is 8. The van der Waals surface area contributed by atoms with E-state index in [1.807, 2.05) is 0 Å². The summed E-state index contributed by atoms with van der Waals surface area (Å²) in [5, 5.41) is 5.23. The Balaban J connectivity index is 1.17. The molecule has 0 unspecified atom stereocenters. The summed E-state index contributed by atoms with van der Waals surface area (Å²) in [6.45, 7) is 28.2. The molecule has 0 radical (unpaired) electrons. The molecule has 0 saturated carbocycles. The third-order valence-corrected chi connectivity index (χ3v) is 16.3. The third kappa shape index (κ3) is 6.32. The van der Waals surface area contributed by atoms with Crippen molar-refractivity contribution in [1.82, 2.24) is 4.57 Å². The van der Waals surface area contributed by atoms with Gasteiger partial charge in [0.25, 0.3) is 0 Å². The zero-order valence-electron chi connectivity index (χ0n) is 42.2. The first-order valence-electron chi connectivity index (χ1n) is 25.0. The van der Waals surface area contributed by atoms with Crippen molar-refractivity contribution in [2.45, 2.75) is 118 Å². The summed E-state index contributed by atoms with van der Waals surface area (Å²) in [4.78, 5) is 5.25. The van der Waals surface area contributed by atoms with Crippen LogP contribution in [0.4, 0.5) is 28.4 Å². The fraction of sp³-hybridized carbons (Fsp3) is 0.281. The van der Waals surface area contributed by atoms with E-state index in [4.69, 9.17) is 0 Å². The molecule has 12 rings (SSSR count). The normalized spacial score (nSPS) is 15.7. The zero-order chi connectivity index (χ0) is 47.4. The molecule has 0 spiro atoms. The van der Waals surface area contributed by atoms with E-state index in [0.717, 1.165) is 23.5 Å². The largest absolute Gasteiger partial charge is 0.376 e. The van der Waals surface area contributed by atoms with E-state index in [1.165, 1.54) is 111 Å². The summed E-state index contributed by atoms with van der Waals surface area (Å²) in [5.74, 6) is 0. The molecule has 1 aromatic heterocycles. The molecule has 4 heteroatoms. The molecule has 68 heavy (non-hydrogen) atoms. The average molecular weight is 886 g/mol. The molecule has 3 heterocycles. The van der Waals surface area contributed by atoms with Gasteiger partial charge in [0.1, 0.15) is 0 Å². The molecule has 8 aromatic carbocycles. The molecule has 1 aliphatic carbocycles. The molecular formula is C64H64BN3. The van der Waals surface area contributed by atoms with Crippen LogP contribution in [0.3, 0.4) is 0 Å². The Morgan fingerprint density at radius 3 is 1.78 bits per heavy atom. The lowest BCUT2D eigenvalue weighted by atomic mass is 9.43. The number of nitrogens with zero attached hydrogens (tertiary/aromatic N) is 3. The summed E-state index contributed by atoms with van der Waals surface area (Å²) in [5.41, 5.74) is 23.6. The number of anilines is 5. The van der Waals surface area contributed by atoms with Crippen molar-refractivity contribution in [2.24, 2.45) is 0 Å². The Bertz CT molecular complexity index is 3500. The van der Waals surface area contributed by atoms with Gasteiger partial charge in [0, 0.05) is 50.5 Å². The molecule has 0 fully saturated rings. The Kier molecular flexibility index (Phi) is 9.13. The zero-order valence-corrected chi connectivity index (χ0v) is 42.2. The van der Waals surface area contributed by atoms with Crippen LogP contribution >= 0.6 is 0 Å². The molecule has 3 aliphatic rings. The molecular weight excluding hydrogens is 822 g/mol. The highest BCUT2D eigenvalue weighted by atomic mass is 15.2. The SMILES string of the molecule is Cc1cc2c3c(c1)-n1c4ccc5ccccc5c4c4cccc(c41)B3N(c1cc3c(cc1C)C(C)(C)CCC3(C)C)c1cc(N(c3ccc(C(C)(C)C)cc3)c3ccc(C(C)(C)C)cc3)ccc1-2. The van der Waals surface area contributed by atoms with Gasteiger partial charge in [0.15, 0.2) is 0 Å². The minimum Gasteiger partial charge on any atom is -0.376 e. The number of hydrogen-bond acceptors (Lipinski definition) is 2. The van der Waals surface area contributed by atoms with Crippen molar-refractivity contribution >= 4 is 78.8 Å². The van der Waals surface area contributed by atoms with E-state index < -0.39 is 0 Å². The smallest absolute Gasteiger partial charge is 0.333 e. The third-order valence-electron chi connectivity index (χ3n) is 16.3. The van der Waals surface area contributed by atoms with Gasteiger partial charge in [-0.15, -0.1) is 0 Å². The average Bonchev–Trinajstić information content (AvgIpc) is 3.65. The van der Waals surface area contributed by atoms with Crippen LogP contribution in [-0.2, 0) is 21.7 Å². The number of rotatable bonds is 4. The summed E-state index contributed by atoms with van der Waals surface area (Å²) < 4.78 is 2.61. The fourth-order valence-corrected chi connectivity index (χ4v) is 12.4. The first-order chi connectivity index (χ1) is 32.3. The van der Waals surface area contributed by atoms with Gasteiger partial charge in [-0.2, -0.15) is 0 Å². The molecule has 0 amide bonds. The standard InChI is InChI=1S/C64H64BN3/c1-39-34-50-48-30-29-46(66(44-25-21-42(22-26-44)61(3,4)5)45-27-23-43(24-28-45)62(6,7)8)37-56(48)68(55-38-52-51(36-40(55)2)63(9,10)32-33-64(52,11)12)65-53-19-15-18-49-58-47-17-14-13-16-41(47)20-31-54(58)67(60(49)53)57(35-39)59(50)65/h13-31,34-38H,32-33H2,1-12H3. The number of aryl methyl sites for hydroxylation is 2. The summed E-state index contributed by atoms with van der Waals surface area (Å²) in [7, 11) is 0. The molecule has 0 N–H and O–H groups in total. The van der Waals surface area contributed by atoms with Crippen molar-refractivity contribution in [3.63, 3.8) is 0 Å². The highest BCUT2D eigenvalue weighted by Crippen LogP contribution is 2.52. The van der Waals surface area contributed by atoms with Crippen molar-refractivity contribution in [1.29, 1.82) is 0 Å². The lowest BCUT2D eigenvalue weighted by molar-refractivity contribution is 0.332. The van der Waals surface area contributed by atoms with Crippen molar-refractivity contribution < 1.29 is 0 Å². The van der Waals surface area contributed by atoms with E-state index in [2.05, 4.69) is 243 Å². The molecule has 2 aliphatic heterocycles.